The summed E-state index contributed by atoms with van der Waals surface area (Å²) in [6.07, 6.45) is 7.65. The lowest BCUT2D eigenvalue weighted by Crippen LogP contribution is -2.28. The largest absolute Gasteiger partial charge is 0.488 e. The average Bonchev–Trinajstić information content (AvgIpc) is 2.79. The van der Waals surface area contributed by atoms with Gasteiger partial charge in [0, 0.05) is 28.7 Å². The Labute approximate surface area is 221 Å². The fraction of sp³-hybridized carbons (Fsp3) is 0.483. The van der Waals surface area contributed by atoms with Crippen LogP contribution >= 0.6 is 23.2 Å². The van der Waals surface area contributed by atoms with Crippen LogP contribution in [0.4, 0.5) is 0 Å². The molecule has 0 atom stereocenters. The van der Waals surface area contributed by atoms with E-state index in [2.05, 4.69) is 52.9 Å². The van der Waals surface area contributed by atoms with E-state index in [0.29, 0.717) is 16.6 Å². The van der Waals surface area contributed by atoms with Crippen molar-refractivity contribution in [2.45, 2.75) is 84.8 Å². The maximum absolute atomic E-state index is 12.1. The second kappa shape index (κ2) is 13.2. The van der Waals surface area contributed by atoms with Crippen molar-refractivity contribution in [1.29, 1.82) is 0 Å². The number of carbonyl (C=O) groups excluding carboxylic acids is 1. The molecule has 0 aliphatic heterocycles. The molecule has 2 aromatic rings. The Balaban J connectivity index is 1.92. The van der Waals surface area contributed by atoms with E-state index in [-0.39, 0.29) is 17.1 Å². The molecule has 0 aliphatic carbocycles. The number of hydrogen-bond donors (Lipinski definition) is 1. The Kier molecular flexibility index (Phi) is 11.0. The predicted octanol–water partition coefficient (Wildman–Crippen LogP) is 8.28. The van der Waals surface area contributed by atoms with E-state index < -0.39 is 0 Å². The van der Waals surface area contributed by atoms with Crippen LogP contribution in [0.3, 0.4) is 0 Å². The lowest BCUT2D eigenvalue weighted by Gasteiger charge is -2.29. The number of carbonyl (C=O) groups is 1. The molecule has 1 N–H and O–H groups in total. The number of aryl methyl sites for hydroxylation is 1. The lowest BCUT2D eigenvalue weighted by molar-refractivity contribution is -0.116. The molecule has 2 rings (SSSR count). The number of ether oxygens (including phenoxy) is 2. The number of hydrogen-bond acceptors (Lipinski definition) is 3. The summed E-state index contributed by atoms with van der Waals surface area (Å²) in [4.78, 5) is 12.1. The molecular weight excluding hydrogens is 481 g/mol. The molecule has 2 aromatic carbocycles. The smallest absolute Gasteiger partial charge is 0.243 e. The van der Waals surface area contributed by atoms with Crippen molar-refractivity contribution in [3.8, 4) is 11.5 Å². The molecule has 35 heavy (non-hydrogen) atoms. The van der Waals surface area contributed by atoms with Crippen molar-refractivity contribution in [3.05, 3.63) is 63.6 Å². The van der Waals surface area contributed by atoms with Crippen molar-refractivity contribution in [3.63, 3.8) is 0 Å². The van der Waals surface area contributed by atoms with E-state index in [0.717, 1.165) is 54.7 Å². The van der Waals surface area contributed by atoms with Crippen LogP contribution in [-0.4, -0.2) is 23.7 Å². The van der Waals surface area contributed by atoms with Gasteiger partial charge in [-0.15, -0.1) is 0 Å². The molecule has 4 nitrogen and oxygen atoms in total. The number of unbranched alkanes of at least 4 members (excludes halogenated alkanes) is 1. The Bertz CT molecular complexity index is 1010. The van der Waals surface area contributed by atoms with Gasteiger partial charge in [0.2, 0.25) is 5.91 Å². The van der Waals surface area contributed by atoms with Crippen LogP contribution in [0, 0.1) is 0 Å². The second-order valence-corrected chi connectivity index (χ2v) is 10.8. The summed E-state index contributed by atoms with van der Waals surface area (Å²) in [7, 11) is 0. The molecule has 6 heteroatoms. The standard InChI is InChI=1S/C29H39Cl2NO3/c1-7-28(3,4)34-24-16-13-22(26(20-24)35-29(5,6)8-2)11-9-10-18-32-27(33)17-14-21-12-15-23(30)19-25(21)31/h12-17,19-20H,7-11,18H2,1-6H3,(H,32,33). The van der Waals surface area contributed by atoms with Gasteiger partial charge < -0.3 is 14.8 Å². The Morgan fingerprint density at radius 3 is 2.29 bits per heavy atom. The molecular formula is C29H39Cl2NO3. The summed E-state index contributed by atoms with van der Waals surface area (Å²) in [5.74, 6) is 1.54. The molecule has 0 heterocycles. The van der Waals surface area contributed by atoms with Crippen LogP contribution < -0.4 is 14.8 Å². The highest BCUT2D eigenvalue weighted by atomic mass is 35.5. The first-order chi connectivity index (χ1) is 16.4. The third kappa shape index (κ3) is 10.1. The molecule has 0 fully saturated rings. The first kappa shape index (κ1) is 29.1. The molecule has 192 valence electrons. The molecule has 0 aromatic heterocycles. The van der Waals surface area contributed by atoms with Gasteiger partial charge in [-0.1, -0.05) is 49.2 Å². The zero-order valence-electron chi connectivity index (χ0n) is 21.8. The van der Waals surface area contributed by atoms with E-state index in [1.807, 2.05) is 12.1 Å². The first-order valence-corrected chi connectivity index (χ1v) is 13.1. The summed E-state index contributed by atoms with van der Waals surface area (Å²) in [6.45, 7) is 13.2. The molecule has 0 unspecified atom stereocenters. The third-order valence-electron chi connectivity index (χ3n) is 6.07. The Morgan fingerprint density at radius 1 is 0.943 bits per heavy atom. The highest BCUT2D eigenvalue weighted by Gasteiger charge is 2.21. The summed E-state index contributed by atoms with van der Waals surface area (Å²) in [5, 5.41) is 4.01. The number of halogens is 2. The van der Waals surface area contributed by atoms with Gasteiger partial charge in [0.15, 0.2) is 0 Å². The zero-order valence-corrected chi connectivity index (χ0v) is 23.4. The molecule has 0 bridgehead atoms. The Morgan fingerprint density at radius 2 is 1.63 bits per heavy atom. The van der Waals surface area contributed by atoms with Gasteiger partial charge in [0.25, 0.3) is 0 Å². The van der Waals surface area contributed by atoms with Gasteiger partial charge in [-0.05, 0) is 95.2 Å². The van der Waals surface area contributed by atoms with Crippen LogP contribution in [-0.2, 0) is 11.2 Å². The highest BCUT2D eigenvalue weighted by Crippen LogP contribution is 2.32. The second-order valence-electron chi connectivity index (χ2n) is 9.95. The molecule has 0 aliphatic rings. The van der Waals surface area contributed by atoms with Crippen molar-refractivity contribution in [2.24, 2.45) is 0 Å². The normalized spacial score (nSPS) is 12.1. The third-order valence-corrected chi connectivity index (χ3v) is 6.63. The van der Waals surface area contributed by atoms with Crippen molar-refractivity contribution in [1.82, 2.24) is 5.32 Å². The number of amides is 1. The van der Waals surface area contributed by atoms with E-state index in [1.165, 1.54) is 6.08 Å². The minimum atomic E-state index is -0.263. The van der Waals surface area contributed by atoms with Crippen molar-refractivity contribution >= 4 is 35.2 Å². The van der Waals surface area contributed by atoms with Crippen LogP contribution in [0.25, 0.3) is 6.08 Å². The van der Waals surface area contributed by atoms with Gasteiger partial charge >= 0.3 is 0 Å². The summed E-state index contributed by atoms with van der Waals surface area (Å²) < 4.78 is 12.6. The van der Waals surface area contributed by atoms with Crippen LogP contribution in [0.15, 0.2) is 42.5 Å². The number of benzene rings is 2. The van der Waals surface area contributed by atoms with Crippen LogP contribution in [0.5, 0.6) is 11.5 Å². The van der Waals surface area contributed by atoms with E-state index in [4.69, 9.17) is 32.7 Å². The maximum Gasteiger partial charge on any atom is 0.243 e. The van der Waals surface area contributed by atoms with Gasteiger partial charge in [0.05, 0.1) is 0 Å². The monoisotopic (exact) mass is 519 g/mol. The van der Waals surface area contributed by atoms with E-state index in [9.17, 15) is 4.79 Å². The maximum atomic E-state index is 12.1. The SMILES string of the molecule is CCC(C)(C)Oc1ccc(CCCCNC(=O)C=Cc2ccc(Cl)cc2Cl)c(OC(C)(C)CC)c1. The first-order valence-electron chi connectivity index (χ1n) is 12.4. The van der Waals surface area contributed by atoms with E-state index >= 15 is 0 Å². The molecule has 0 spiro atoms. The Hall–Kier alpha value is -2.17. The van der Waals surface area contributed by atoms with Crippen LogP contribution in [0.2, 0.25) is 10.0 Å². The molecule has 1 amide bonds. The minimum Gasteiger partial charge on any atom is -0.488 e. The van der Waals surface area contributed by atoms with Gasteiger partial charge in [-0.3, -0.25) is 4.79 Å². The fourth-order valence-corrected chi connectivity index (χ4v) is 3.65. The predicted molar refractivity (Wildman–Crippen MR) is 148 cm³/mol. The van der Waals surface area contributed by atoms with Gasteiger partial charge in [0.1, 0.15) is 22.7 Å². The van der Waals surface area contributed by atoms with Crippen LogP contribution in [0.1, 0.15) is 78.4 Å². The number of rotatable bonds is 13. The summed E-state index contributed by atoms with van der Waals surface area (Å²) in [5.41, 5.74) is 1.41. The molecule has 0 radical (unpaired) electrons. The van der Waals surface area contributed by atoms with Gasteiger partial charge in [-0.2, -0.15) is 0 Å². The zero-order chi connectivity index (χ0) is 26.1. The van der Waals surface area contributed by atoms with Crippen molar-refractivity contribution in [2.75, 3.05) is 6.54 Å². The fourth-order valence-electron chi connectivity index (χ4n) is 3.17. The summed E-state index contributed by atoms with van der Waals surface area (Å²) >= 11 is 12.0. The van der Waals surface area contributed by atoms with Crippen molar-refractivity contribution < 1.29 is 14.3 Å². The van der Waals surface area contributed by atoms with Gasteiger partial charge in [-0.25, -0.2) is 0 Å². The molecule has 0 saturated carbocycles. The lowest BCUT2D eigenvalue weighted by atomic mass is 10.0. The van der Waals surface area contributed by atoms with E-state index in [1.54, 1.807) is 24.3 Å². The highest BCUT2D eigenvalue weighted by molar-refractivity contribution is 6.35. The quantitative estimate of drug-likeness (QED) is 0.214. The topological polar surface area (TPSA) is 47.6 Å². The number of nitrogens with one attached hydrogen (secondary N) is 1. The summed E-state index contributed by atoms with van der Waals surface area (Å²) in [6, 6.07) is 11.3. The minimum absolute atomic E-state index is 0.148. The molecule has 0 saturated heterocycles. The average molecular weight is 521 g/mol.